The van der Waals surface area contributed by atoms with Crippen LogP contribution in [0.1, 0.15) is 0 Å². The van der Waals surface area contributed by atoms with Crippen LogP contribution in [0, 0.1) is 0 Å². The van der Waals surface area contributed by atoms with Crippen LogP contribution in [0.2, 0.25) is 0 Å². The van der Waals surface area contributed by atoms with Crippen molar-refractivity contribution in [3.8, 4) is 22.3 Å². The van der Waals surface area contributed by atoms with E-state index in [9.17, 15) is 0 Å². The first kappa shape index (κ1) is 22.1. The van der Waals surface area contributed by atoms with Gasteiger partial charge in [-0.25, -0.2) is 4.98 Å². The molecule has 0 atom stereocenters. The number of hydrogen-bond acceptors (Lipinski definition) is 3. The Bertz CT molecular complexity index is 1860. The summed E-state index contributed by atoms with van der Waals surface area (Å²) in [6, 6.07) is 48.3. The van der Waals surface area contributed by atoms with Crippen molar-refractivity contribution in [1.29, 1.82) is 0 Å². The topological polar surface area (TPSA) is 29.3 Å². The molecule has 0 N–H and O–H groups in total. The van der Waals surface area contributed by atoms with Gasteiger partial charge in [-0.05, 0) is 58.7 Å². The number of fused-ring (bicyclic) bond motifs is 3. The molecule has 0 aliphatic carbocycles. The fourth-order valence-corrected chi connectivity index (χ4v) is 5.08. The summed E-state index contributed by atoms with van der Waals surface area (Å²) in [5, 5.41) is 2.14. The molecule has 38 heavy (non-hydrogen) atoms. The Hall–Kier alpha value is -5.15. The first-order valence-corrected chi connectivity index (χ1v) is 12.7. The first-order valence-electron chi connectivity index (χ1n) is 12.7. The number of aromatic nitrogens is 1. The summed E-state index contributed by atoms with van der Waals surface area (Å²) < 4.78 is 6.41. The molecule has 3 nitrogen and oxygen atoms in total. The number of para-hydroxylation sites is 1. The summed E-state index contributed by atoms with van der Waals surface area (Å²) in [5.74, 6) is 0.761. The number of furan rings is 1. The minimum Gasteiger partial charge on any atom is -0.452 e. The molecule has 0 amide bonds. The van der Waals surface area contributed by atoms with E-state index in [1.807, 2.05) is 42.6 Å². The van der Waals surface area contributed by atoms with Crippen molar-refractivity contribution in [2.75, 3.05) is 4.90 Å². The van der Waals surface area contributed by atoms with Crippen LogP contribution in [0.25, 0.3) is 44.2 Å². The molecule has 2 aromatic heterocycles. The number of hydrogen-bond donors (Lipinski definition) is 0. The molecule has 5 aromatic carbocycles. The Balaban J connectivity index is 1.43. The Morgan fingerprint density at radius 2 is 1.11 bits per heavy atom. The maximum atomic E-state index is 6.41. The molecule has 7 rings (SSSR count). The minimum absolute atomic E-state index is 0.761. The summed E-state index contributed by atoms with van der Waals surface area (Å²) in [6.07, 6.45) is 1.87. The lowest BCUT2D eigenvalue weighted by molar-refractivity contribution is 0.667. The van der Waals surface area contributed by atoms with Gasteiger partial charge in [0.05, 0.1) is 0 Å². The van der Waals surface area contributed by atoms with Crippen LogP contribution in [-0.4, -0.2) is 4.98 Å². The number of pyridine rings is 1. The van der Waals surface area contributed by atoms with Crippen LogP contribution < -0.4 is 4.90 Å². The van der Waals surface area contributed by atoms with E-state index in [-0.39, 0.29) is 0 Å². The van der Waals surface area contributed by atoms with Crippen LogP contribution in [-0.2, 0) is 0 Å². The van der Waals surface area contributed by atoms with Crippen molar-refractivity contribution in [1.82, 2.24) is 4.98 Å². The molecule has 180 valence electrons. The van der Waals surface area contributed by atoms with Gasteiger partial charge in [0, 0.05) is 28.3 Å². The van der Waals surface area contributed by atoms with E-state index in [0.29, 0.717) is 0 Å². The lowest BCUT2D eigenvalue weighted by Crippen LogP contribution is -2.12. The van der Waals surface area contributed by atoms with Gasteiger partial charge < -0.3 is 4.42 Å². The molecule has 0 aliphatic rings. The van der Waals surface area contributed by atoms with Crippen molar-refractivity contribution < 1.29 is 4.42 Å². The average molecular weight is 489 g/mol. The lowest BCUT2D eigenvalue weighted by Gasteiger charge is -2.25. The maximum Gasteiger partial charge on any atom is 0.181 e. The van der Waals surface area contributed by atoms with Crippen LogP contribution >= 0.6 is 0 Å². The van der Waals surface area contributed by atoms with Crippen molar-refractivity contribution in [3.63, 3.8) is 0 Å². The van der Waals surface area contributed by atoms with E-state index < -0.39 is 0 Å². The van der Waals surface area contributed by atoms with Crippen molar-refractivity contribution in [3.05, 3.63) is 146 Å². The van der Waals surface area contributed by atoms with Crippen LogP contribution in [0.4, 0.5) is 17.2 Å². The molecule has 2 heterocycles. The van der Waals surface area contributed by atoms with Gasteiger partial charge >= 0.3 is 0 Å². The zero-order valence-electron chi connectivity index (χ0n) is 20.7. The van der Waals surface area contributed by atoms with E-state index >= 15 is 0 Å². The van der Waals surface area contributed by atoms with Crippen LogP contribution in [0.5, 0.6) is 0 Å². The third-order valence-electron chi connectivity index (χ3n) is 6.93. The SMILES string of the molecule is c1ccc(-c2ccc(N(c3cccc(-c4ccccc4)c3)c3nccc4c3oc3ccccc34)cc2)cc1. The first-order chi connectivity index (χ1) is 18.8. The molecule has 0 spiro atoms. The minimum atomic E-state index is 0.761. The second-order valence-corrected chi connectivity index (χ2v) is 9.27. The molecule has 0 saturated carbocycles. The highest BCUT2D eigenvalue weighted by atomic mass is 16.3. The zero-order valence-corrected chi connectivity index (χ0v) is 20.7. The standard InChI is InChI=1S/C35H24N2O/c1-3-10-25(11-4-1)27-18-20-29(21-19-27)37(30-15-9-14-28(24-30)26-12-5-2-6-13-26)35-34-32(22-23-36-35)31-16-7-8-17-33(31)38-34/h1-24H. The number of rotatable bonds is 5. The summed E-state index contributed by atoms with van der Waals surface area (Å²) in [7, 11) is 0. The molecule has 0 radical (unpaired) electrons. The lowest BCUT2D eigenvalue weighted by atomic mass is 10.0. The summed E-state index contributed by atoms with van der Waals surface area (Å²) >= 11 is 0. The van der Waals surface area contributed by atoms with E-state index in [2.05, 4.69) is 108 Å². The predicted octanol–water partition coefficient (Wildman–Crippen LogP) is 9.78. The van der Waals surface area contributed by atoms with Gasteiger partial charge in [-0.2, -0.15) is 0 Å². The van der Waals surface area contributed by atoms with E-state index in [4.69, 9.17) is 9.40 Å². The Morgan fingerprint density at radius 1 is 0.474 bits per heavy atom. The molecule has 0 aliphatic heterocycles. The van der Waals surface area contributed by atoms with Crippen molar-refractivity contribution in [2.24, 2.45) is 0 Å². The van der Waals surface area contributed by atoms with Crippen LogP contribution in [0.15, 0.2) is 150 Å². The third kappa shape index (κ3) is 3.91. The highest BCUT2D eigenvalue weighted by molar-refractivity contribution is 6.09. The van der Waals surface area contributed by atoms with Gasteiger partial charge in [-0.15, -0.1) is 0 Å². The van der Waals surface area contributed by atoms with E-state index in [1.165, 1.54) is 16.7 Å². The zero-order chi connectivity index (χ0) is 25.3. The monoisotopic (exact) mass is 488 g/mol. The molecule has 0 bridgehead atoms. The Labute approximate surface area is 221 Å². The number of benzene rings is 5. The highest BCUT2D eigenvalue weighted by Gasteiger charge is 2.21. The van der Waals surface area contributed by atoms with Crippen molar-refractivity contribution >= 4 is 39.1 Å². The number of anilines is 3. The largest absolute Gasteiger partial charge is 0.452 e. The summed E-state index contributed by atoms with van der Waals surface area (Å²) in [6.45, 7) is 0. The second kappa shape index (κ2) is 9.38. The Kier molecular flexibility index (Phi) is 5.45. The predicted molar refractivity (Wildman–Crippen MR) is 157 cm³/mol. The normalized spacial score (nSPS) is 11.2. The fourth-order valence-electron chi connectivity index (χ4n) is 5.08. The smallest absolute Gasteiger partial charge is 0.181 e. The van der Waals surface area contributed by atoms with Gasteiger partial charge in [-0.1, -0.05) is 103 Å². The summed E-state index contributed by atoms with van der Waals surface area (Å²) in [5.41, 5.74) is 8.32. The summed E-state index contributed by atoms with van der Waals surface area (Å²) in [4.78, 5) is 7.06. The Morgan fingerprint density at radius 3 is 1.87 bits per heavy atom. The van der Waals surface area contributed by atoms with Gasteiger partial charge in [0.2, 0.25) is 0 Å². The highest BCUT2D eigenvalue weighted by Crippen LogP contribution is 2.41. The maximum absolute atomic E-state index is 6.41. The molecule has 0 unspecified atom stereocenters. The van der Waals surface area contributed by atoms with Crippen molar-refractivity contribution in [2.45, 2.75) is 0 Å². The van der Waals surface area contributed by atoms with Crippen LogP contribution in [0.3, 0.4) is 0 Å². The quantitative estimate of drug-likeness (QED) is 0.241. The molecule has 0 saturated heterocycles. The van der Waals surface area contributed by atoms with Gasteiger partial charge in [0.15, 0.2) is 11.4 Å². The average Bonchev–Trinajstić information content (AvgIpc) is 3.38. The van der Waals surface area contributed by atoms with E-state index in [1.54, 1.807) is 0 Å². The van der Waals surface area contributed by atoms with Gasteiger partial charge in [0.25, 0.3) is 0 Å². The second-order valence-electron chi connectivity index (χ2n) is 9.27. The molecular formula is C35H24N2O. The molecular weight excluding hydrogens is 464 g/mol. The third-order valence-corrected chi connectivity index (χ3v) is 6.93. The molecule has 3 heteroatoms. The molecule has 0 fully saturated rings. The number of nitrogens with zero attached hydrogens (tertiary/aromatic N) is 2. The fraction of sp³-hybridized carbons (Fsp3) is 0. The van der Waals surface area contributed by atoms with E-state index in [0.717, 1.165) is 44.7 Å². The molecule has 7 aromatic rings. The van der Waals surface area contributed by atoms with Gasteiger partial charge in [-0.3, -0.25) is 4.90 Å². The van der Waals surface area contributed by atoms with Gasteiger partial charge in [0.1, 0.15) is 5.58 Å².